The molecule has 0 spiro atoms. The molecule has 7 nitrogen and oxygen atoms in total. The number of hydrogen-bond acceptors (Lipinski definition) is 4. The zero-order valence-corrected chi connectivity index (χ0v) is 15.6. The van der Waals surface area contributed by atoms with Crippen molar-refractivity contribution in [2.45, 2.75) is 46.7 Å². The van der Waals surface area contributed by atoms with Crippen molar-refractivity contribution in [3.63, 3.8) is 0 Å². The van der Waals surface area contributed by atoms with Gasteiger partial charge in [0.05, 0.1) is 22.5 Å². The molecule has 0 radical (unpaired) electrons. The number of amides is 1. The molecule has 2 heterocycles. The molecule has 1 atom stereocenters. The van der Waals surface area contributed by atoms with E-state index in [0.29, 0.717) is 11.2 Å². The van der Waals surface area contributed by atoms with Crippen LogP contribution in [0.2, 0.25) is 0 Å². The van der Waals surface area contributed by atoms with Gasteiger partial charge in [-0.25, -0.2) is 9.36 Å². The molecule has 3 rings (SSSR count). The van der Waals surface area contributed by atoms with Crippen molar-refractivity contribution < 1.29 is 4.79 Å². The summed E-state index contributed by atoms with van der Waals surface area (Å²) in [5.74, 6) is -0.243. The Kier molecular flexibility index (Phi) is 4.63. The summed E-state index contributed by atoms with van der Waals surface area (Å²) in [4.78, 5) is 25.3. The Balaban J connectivity index is 2.17. The highest BCUT2D eigenvalue weighted by molar-refractivity contribution is 5.84. The Morgan fingerprint density at radius 1 is 1.08 bits per heavy atom. The average Bonchev–Trinajstić information content (AvgIpc) is 2.96. The summed E-state index contributed by atoms with van der Waals surface area (Å²) in [5.41, 5.74) is 2.35. The molecule has 26 heavy (non-hydrogen) atoms. The van der Waals surface area contributed by atoms with Gasteiger partial charge in [0.25, 0.3) is 5.56 Å². The fourth-order valence-corrected chi connectivity index (χ4v) is 3.05. The molecule has 0 aliphatic rings. The lowest BCUT2D eigenvalue weighted by Gasteiger charge is -2.16. The van der Waals surface area contributed by atoms with Crippen LogP contribution in [0.15, 0.2) is 35.1 Å². The van der Waals surface area contributed by atoms with Gasteiger partial charge in [-0.05, 0) is 46.8 Å². The molecule has 0 bridgehead atoms. The van der Waals surface area contributed by atoms with E-state index in [1.165, 1.54) is 4.68 Å². The first-order valence-electron chi connectivity index (χ1n) is 8.65. The summed E-state index contributed by atoms with van der Waals surface area (Å²) in [6.07, 6.45) is 0. The van der Waals surface area contributed by atoms with E-state index in [9.17, 15) is 9.59 Å². The summed E-state index contributed by atoms with van der Waals surface area (Å²) in [7, 11) is 0. The van der Waals surface area contributed by atoms with E-state index in [2.05, 4.69) is 15.5 Å². The number of para-hydroxylation sites is 1. The molecule has 7 heteroatoms. The third-order valence-electron chi connectivity index (χ3n) is 4.32. The number of nitrogens with zero attached hydrogens (tertiary/aromatic N) is 4. The fourth-order valence-electron chi connectivity index (χ4n) is 3.05. The smallest absolute Gasteiger partial charge is 0.295 e. The van der Waals surface area contributed by atoms with Gasteiger partial charge in [0, 0.05) is 6.04 Å². The number of aromatic nitrogens is 4. The molecule has 0 saturated heterocycles. The molecule has 0 unspecified atom stereocenters. The number of hydrogen-bond donors (Lipinski definition) is 1. The van der Waals surface area contributed by atoms with Crippen LogP contribution in [0.25, 0.3) is 16.6 Å². The van der Waals surface area contributed by atoms with Crippen molar-refractivity contribution in [2.75, 3.05) is 0 Å². The van der Waals surface area contributed by atoms with E-state index >= 15 is 0 Å². The maximum atomic E-state index is 13.0. The van der Waals surface area contributed by atoms with E-state index in [1.807, 2.05) is 58.0 Å². The third kappa shape index (κ3) is 3.00. The Hall–Kier alpha value is -2.96. The van der Waals surface area contributed by atoms with E-state index < -0.39 is 6.04 Å². The molecule has 1 N–H and O–H groups in total. The minimum Gasteiger partial charge on any atom is -0.352 e. The van der Waals surface area contributed by atoms with Gasteiger partial charge in [-0.3, -0.25) is 9.59 Å². The van der Waals surface area contributed by atoms with Gasteiger partial charge in [0.15, 0.2) is 5.52 Å². The number of carbonyl (C=O) groups is 1. The molecular weight excluding hydrogens is 330 g/mol. The van der Waals surface area contributed by atoms with Gasteiger partial charge in [0.1, 0.15) is 6.04 Å². The second kappa shape index (κ2) is 6.74. The van der Waals surface area contributed by atoms with Crippen LogP contribution in [-0.4, -0.2) is 31.5 Å². The van der Waals surface area contributed by atoms with Crippen molar-refractivity contribution in [1.82, 2.24) is 24.9 Å². The normalized spacial score (nSPS) is 12.5. The zero-order chi connectivity index (χ0) is 19.0. The van der Waals surface area contributed by atoms with E-state index in [4.69, 9.17) is 0 Å². The van der Waals surface area contributed by atoms with Gasteiger partial charge in [-0.2, -0.15) is 10.2 Å². The lowest BCUT2D eigenvalue weighted by Crippen LogP contribution is -2.40. The van der Waals surface area contributed by atoms with Crippen LogP contribution in [0, 0.1) is 13.8 Å². The van der Waals surface area contributed by atoms with Crippen molar-refractivity contribution >= 4 is 16.8 Å². The van der Waals surface area contributed by atoms with E-state index in [0.717, 1.165) is 16.8 Å². The second-order valence-corrected chi connectivity index (χ2v) is 6.73. The van der Waals surface area contributed by atoms with Crippen LogP contribution in [0.5, 0.6) is 0 Å². The number of fused-ring (bicyclic) bond motifs is 1. The van der Waals surface area contributed by atoms with Gasteiger partial charge in [-0.1, -0.05) is 18.2 Å². The predicted octanol–water partition coefficient (Wildman–Crippen LogP) is 2.28. The monoisotopic (exact) mass is 353 g/mol. The second-order valence-electron chi connectivity index (χ2n) is 6.73. The van der Waals surface area contributed by atoms with Gasteiger partial charge in [-0.15, -0.1) is 0 Å². The van der Waals surface area contributed by atoms with Crippen molar-refractivity contribution in [1.29, 1.82) is 0 Å². The van der Waals surface area contributed by atoms with E-state index in [1.54, 1.807) is 11.6 Å². The zero-order valence-electron chi connectivity index (χ0n) is 15.6. The molecule has 136 valence electrons. The maximum Gasteiger partial charge on any atom is 0.295 e. The highest BCUT2D eigenvalue weighted by Crippen LogP contribution is 2.21. The lowest BCUT2D eigenvalue weighted by atomic mass is 10.2. The third-order valence-corrected chi connectivity index (χ3v) is 4.32. The topological polar surface area (TPSA) is 81.8 Å². The molecular formula is C19H23N5O2. The Labute approximate surface area is 151 Å². The molecule has 3 aromatic rings. The molecule has 0 aliphatic heterocycles. The van der Waals surface area contributed by atoms with Gasteiger partial charge in [0.2, 0.25) is 5.91 Å². The maximum absolute atomic E-state index is 13.0. The summed E-state index contributed by atoms with van der Waals surface area (Å²) in [5, 5.41) is 12.4. The Morgan fingerprint density at radius 3 is 2.35 bits per heavy atom. The predicted molar refractivity (Wildman–Crippen MR) is 101 cm³/mol. The number of carbonyl (C=O) groups excluding carboxylic acids is 1. The molecule has 0 saturated carbocycles. The number of benzene rings is 1. The van der Waals surface area contributed by atoms with Gasteiger partial charge >= 0.3 is 0 Å². The molecule has 2 aromatic heterocycles. The Morgan fingerprint density at radius 2 is 1.73 bits per heavy atom. The minimum absolute atomic E-state index is 0.00925. The van der Waals surface area contributed by atoms with Crippen LogP contribution in [0.3, 0.4) is 0 Å². The molecule has 0 fully saturated rings. The first-order chi connectivity index (χ1) is 12.3. The van der Waals surface area contributed by atoms with Crippen molar-refractivity contribution in [2.24, 2.45) is 0 Å². The van der Waals surface area contributed by atoms with E-state index in [-0.39, 0.29) is 17.5 Å². The largest absolute Gasteiger partial charge is 0.352 e. The standard InChI is InChI=1S/C19H23N5O2/c1-11(2)20-18(25)14(5)24-19(26)17-16(12(3)21-24)13(4)23(22-17)15-9-7-6-8-10-15/h6-11,14H,1-5H3,(H,20,25)/t14-/m1/s1. The summed E-state index contributed by atoms with van der Waals surface area (Å²) >= 11 is 0. The minimum atomic E-state index is -0.713. The average molecular weight is 353 g/mol. The highest BCUT2D eigenvalue weighted by Gasteiger charge is 2.23. The quantitative estimate of drug-likeness (QED) is 0.780. The molecule has 1 aromatic carbocycles. The van der Waals surface area contributed by atoms with Crippen LogP contribution >= 0.6 is 0 Å². The number of nitrogens with one attached hydrogen (secondary N) is 1. The number of rotatable bonds is 4. The summed E-state index contributed by atoms with van der Waals surface area (Å²) in [6, 6.07) is 8.90. The van der Waals surface area contributed by atoms with Gasteiger partial charge < -0.3 is 5.32 Å². The summed E-state index contributed by atoms with van der Waals surface area (Å²) < 4.78 is 2.96. The first-order valence-corrected chi connectivity index (χ1v) is 8.65. The molecule has 0 aliphatic carbocycles. The number of aryl methyl sites for hydroxylation is 2. The first kappa shape index (κ1) is 17.8. The van der Waals surface area contributed by atoms with Crippen LogP contribution in [-0.2, 0) is 4.79 Å². The SMILES string of the molecule is Cc1nn([C@H](C)C(=O)NC(C)C)c(=O)c2nn(-c3ccccc3)c(C)c12. The van der Waals surface area contributed by atoms with Crippen molar-refractivity contribution in [3.05, 3.63) is 52.1 Å². The summed E-state index contributed by atoms with van der Waals surface area (Å²) in [6.45, 7) is 9.16. The fraction of sp³-hybridized carbons (Fsp3) is 0.368. The van der Waals surface area contributed by atoms with Crippen molar-refractivity contribution in [3.8, 4) is 5.69 Å². The lowest BCUT2D eigenvalue weighted by molar-refractivity contribution is -0.124. The highest BCUT2D eigenvalue weighted by atomic mass is 16.2. The molecule has 1 amide bonds. The van der Waals surface area contributed by atoms with Crippen LogP contribution in [0.4, 0.5) is 0 Å². The van der Waals surface area contributed by atoms with Crippen LogP contribution < -0.4 is 10.9 Å². The Bertz CT molecular complexity index is 1020. The van der Waals surface area contributed by atoms with Crippen LogP contribution in [0.1, 0.15) is 38.2 Å².